The molecule has 36 heavy (non-hydrogen) atoms. The number of carbonyl (C=O) groups excluding carboxylic acids is 4. The van der Waals surface area contributed by atoms with Crippen LogP contribution in [0.15, 0.2) is 30.3 Å². The largest absolute Gasteiger partial charge is 0.480 e. The van der Waals surface area contributed by atoms with Crippen LogP contribution in [0.3, 0.4) is 0 Å². The van der Waals surface area contributed by atoms with Gasteiger partial charge in [-0.3, -0.25) is 19.2 Å². The minimum Gasteiger partial charge on any atom is -0.480 e. The van der Waals surface area contributed by atoms with Gasteiger partial charge in [0.25, 0.3) is 0 Å². The smallest absolute Gasteiger partial charge is 0.326 e. The molecule has 0 aromatic heterocycles. The second-order valence-corrected chi connectivity index (χ2v) is 9.72. The maximum absolute atomic E-state index is 13.1. The Bertz CT molecular complexity index is 931. The van der Waals surface area contributed by atoms with Crippen molar-refractivity contribution in [2.75, 3.05) is 18.6 Å². The molecule has 7 N–H and O–H groups in total. The van der Waals surface area contributed by atoms with Crippen LogP contribution in [-0.2, 0) is 30.4 Å². The number of hydrogen-bond acceptors (Lipinski definition) is 7. The Morgan fingerprint density at radius 3 is 2.42 bits per heavy atom. The van der Waals surface area contributed by atoms with E-state index in [1.807, 2.05) is 6.26 Å². The summed E-state index contributed by atoms with van der Waals surface area (Å²) in [6.07, 6.45) is 3.14. The van der Waals surface area contributed by atoms with E-state index >= 15 is 0 Å². The van der Waals surface area contributed by atoms with Gasteiger partial charge in [-0.05, 0) is 43.3 Å². The van der Waals surface area contributed by atoms with E-state index in [1.54, 1.807) is 42.1 Å². The molecule has 2 rings (SSSR count). The van der Waals surface area contributed by atoms with E-state index in [2.05, 4.69) is 10.6 Å². The summed E-state index contributed by atoms with van der Waals surface area (Å²) in [6.45, 7) is 0.375. The monoisotopic (exact) mass is 521 g/mol. The molecule has 0 saturated carbocycles. The van der Waals surface area contributed by atoms with Crippen molar-refractivity contribution in [2.45, 2.75) is 62.7 Å². The number of likely N-dealkylation sites (tertiary alicyclic amines) is 1. The number of primary amides is 1. The van der Waals surface area contributed by atoms with Gasteiger partial charge in [-0.1, -0.05) is 30.3 Å². The second-order valence-electron chi connectivity index (χ2n) is 8.73. The van der Waals surface area contributed by atoms with E-state index in [0.717, 1.165) is 0 Å². The lowest BCUT2D eigenvalue weighted by Gasteiger charge is -2.28. The Kier molecular flexibility index (Phi) is 11.7. The molecule has 1 saturated heterocycles. The standard InChI is InChI=1S/C24H35N5O6S/c1-36-13-11-16(25)23(33)29-12-5-8-19(29)22(32)27-17(9-10-20(26)30)21(31)28-18(24(34)35)14-15-6-3-2-4-7-15/h2-4,6-7,16-19H,5,8-14,25H2,1H3,(H2,26,30)(H,27,32)(H,28,31)(H,34,35). The van der Waals surface area contributed by atoms with E-state index in [1.165, 1.54) is 4.90 Å². The van der Waals surface area contributed by atoms with Gasteiger partial charge >= 0.3 is 5.97 Å². The summed E-state index contributed by atoms with van der Waals surface area (Å²) in [7, 11) is 0. The SMILES string of the molecule is CSCCC(N)C(=O)N1CCCC1C(=O)NC(CCC(N)=O)C(=O)NC(Cc1ccccc1)C(=O)O. The van der Waals surface area contributed by atoms with Crippen molar-refractivity contribution in [2.24, 2.45) is 11.5 Å². The van der Waals surface area contributed by atoms with Gasteiger partial charge in [0.2, 0.25) is 23.6 Å². The first-order valence-corrected chi connectivity index (χ1v) is 13.2. The van der Waals surface area contributed by atoms with E-state index in [4.69, 9.17) is 11.5 Å². The fourth-order valence-electron chi connectivity index (χ4n) is 4.03. The van der Waals surface area contributed by atoms with Gasteiger partial charge in [0.15, 0.2) is 0 Å². The van der Waals surface area contributed by atoms with Gasteiger partial charge in [0.05, 0.1) is 6.04 Å². The summed E-state index contributed by atoms with van der Waals surface area (Å²) in [6, 6.07) is 4.81. The molecule has 0 bridgehead atoms. The second kappa shape index (κ2) is 14.4. The molecule has 4 unspecified atom stereocenters. The topological polar surface area (TPSA) is 185 Å². The quantitative estimate of drug-likeness (QED) is 0.219. The highest BCUT2D eigenvalue weighted by molar-refractivity contribution is 7.98. The molecule has 4 atom stereocenters. The lowest BCUT2D eigenvalue weighted by atomic mass is 10.0. The molecule has 198 valence electrons. The summed E-state index contributed by atoms with van der Waals surface area (Å²) >= 11 is 1.57. The number of nitrogens with one attached hydrogen (secondary N) is 2. The van der Waals surface area contributed by atoms with Gasteiger partial charge < -0.3 is 32.1 Å². The number of thioether (sulfide) groups is 1. The minimum absolute atomic E-state index is 0.0389. The number of nitrogens with two attached hydrogens (primary N) is 2. The number of aliphatic carboxylic acids is 1. The Hall–Kier alpha value is -3.12. The van der Waals surface area contributed by atoms with E-state index in [-0.39, 0.29) is 25.2 Å². The first-order chi connectivity index (χ1) is 17.1. The normalized spacial score (nSPS) is 17.6. The molecule has 0 radical (unpaired) electrons. The summed E-state index contributed by atoms with van der Waals surface area (Å²) in [5.74, 6) is -2.83. The Morgan fingerprint density at radius 2 is 1.81 bits per heavy atom. The zero-order valence-corrected chi connectivity index (χ0v) is 21.2. The molecular weight excluding hydrogens is 486 g/mol. The molecule has 1 aliphatic rings. The van der Waals surface area contributed by atoms with Crippen LogP contribution in [0.25, 0.3) is 0 Å². The molecule has 1 aromatic rings. The van der Waals surface area contributed by atoms with Gasteiger partial charge in [0, 0.05) is 19.4 Å². The number of amides is 4. The van der Waals surface area contributed by atoms with Crippen molar-refractivity contribution < 1.29 is 29.1 Å². The molecule has 4 amide bonds. The molecule has 1 aliphatic heterocycles. The summed E-state index contributed by atoms with van der Waals surface area (Å²) < 4.78 is 0. The average molecular weight is 522 g/mol. The highest BCUT2D eigenvalue weighted by atomic mass is 32.2. The van der Waals surface area contributed by atoms with E-state index in [0.29, 0.717) is 37.1 Å². The van der Waals surface area contributed by atoms with Gasteiger partial charge in [-0.2, -0.15) is 11.8 Å². The Labute approximate surface area is 214 Å². The zero-order chi connectivity index (χ0) is 26.7. The third-order valence-electron chi connectivity index (χ3n) is 6.00. The van der Waals surface area contributed by atoms with E-state index in [9.17, 15) is 29.1 Å². The lowest BCUT2D eigenvalue weighted by Crippen LogP contribution is -2.57. The van der Waals surface area contributed by atoms with Crippen LogP contribution >= 0.6 is 11.8 Å². The highest BCUT2D eigenvalue weighted by Gasteiger charge is 2.37. The van der Waals surface area contributed by atoms with Crippen molar-refractivity contribution >= 4 is 41.4 Å². The van der Waals surface area contributed by atoms with Crippen LogP contribution in [-0.4, -0.2) is 82.3 Å². The fraction of sp³-hybridized carbons (Fsp3) is 0.542. The molecule has 1 heterocycles. The summed E-state index contributed by atoms with van der Waals surface area (Å²) in [5.41, 5.74) is 12.0. The van der Waals surface area contributed by atoms with Crippen molar-refractivity contribution in [3.63, 3.8) is 0 Å². The number of rotatable bonds is 14. The maximum Gasteiger partial charge on any atom is 0.326 e. The van der Waals surface area contributed by atoms with E-state index < -0.39 is 47.9 Å². The Morgan fingerprint density at radius 1 is 1.11 bits per heavy atom. The third-order valence-corrected chi connectivity index (χ3v) is 6.64. The van der Waals surface area contributed by atoms with Crippen LogP contribution in [0.5, 0.6) is 0 Å². The zero-order valence-electron chi connectivity index (χ0n) is 20.4. The third kappa shape index (κ3) is 8.83. The predicted molar refractivity (Wildman–Crippen MR) is 136 cm³/mol. The summed E-state index contributed by atoms with van der Waals surface area (Å²) in [4.78, 5) is 63.5. The number of nitrogens with zero attached hydrogens (tertiary/aromatic N) is 1. The fourth-order valence-corrected chi connectivity index (χ4v) is 4.52. The van der Waals surface area contributed by atoms with Gasteiger partial charge in [-0.25, -0.2) is 4.79 Å². The van der Waals surface area contributed by atoms with Gasteiger partial charge in [0.1, 0.15) is 18.1 Å². The summed E-state index contributed by atoms with van der Waals surface area (Å²) in [5, 5.41) is 14.7. The molecule has 1 aromatic carbocycles. The Balaban J connectivity index is 2.11. The lowest BCUT2D eigenvalue weighted by molar-refractivity contribution is -0.143. The van der Waals surface area contributed by atoms with Gasteiger partial charge in [-0.15, -0.1) is 0 Å². The van der Waals surface area contributed by atoms with Crippen molar-refractivity contribution in [1.82, 2.24) is 15.5 Å². The number of carboxylic acids is 1. The van der Waals surface area contributed by atoms with Crippen LogP contribution in [0.4, 0.5) is 0 Å². The number of benzene rings is 1. The predicted octanol–water partition coefficient (Wildman–Crippen LogP) is -0.380. The van der Waals surface area contributed by atoms with Crippen LogP contribution in [0, 0.1) is 0 Å². The first-order valence-electron chi connectivity index (χ1n) is 11.8. The highest BCUT2D eigenvalue weighted by Crippen LogP contribution is 2.20. The molecule has 12 heteroatoms. The minimum atomic E-state index is -1.24. The molecule has 11 nitrogen and oxygen atoms in total. The number of hydrogen-bond donors (Lipinski definition) is 5. The first kappa shape index (κ1) is 29.1. The van der Waals surface area contributed by atoms with Crippen LogP contribution in [0.2, 0.25) is 0 Å². The molecular formula is C24H35N5O6S. The maximum atomic E-state index is 13.1. The van der Waals surface area contributed by atoms with Crippen molar-refractivity contribution in [3.8, 4) is 0 Å². The molecule has 0 aliphatic carbocycles. The van der Waals surface area contributed by atoms with Crippen LogP contribution < -0.4 is 22.1 Å². The number of carboxylic acid groups (broad SMARTS) is 1. The molecule has 0 spiro atoms. The van der Waals surface area contributed by atoms with Crippen molar-refractivity contribution in [1.29, 1.82) is 0 Å². The number of carbonyl (C=O) groups is 5. The average Bonchev–Trinajstić information content (AvgIpc) is 3.34. The van der Waals surface area contributed by atoms with Crippen LogP contribution in [0.1, 0.15) is 37.7 Å². The molecule has 1 fully saturated rings. The van der Waals surface area contributed by atoms with Crippen molar-refractivity contribution in [3.05, 3.63) is 35.9 Å².